The molecular formula is C21H22N6O. The fourth-order valence-corrected chi connectivity index (χ4v) is 4.31. The Hall–Kier alpha value is -3.06. The Morgan fingerprint density at radius 1 is 1.04 bits per heavy atom. The minimum Gasteiger partial charge on any atom is -0.336 e. The van der Waals surface area contributed by atoms with E-state index in [-0.39, 0.29) is 11.6 Å². The second-order valence-electron chi connectivity index (χ2n) is 7.57. The van der Waals surface area contributed by atoms with Crippen LogP contribution in [0.25, 0.3) is 11.0 Å². The van der Waals surface area contributed by atoms with Crippen LogP contribution in [0, 0.1) is 0 Å². The number of likely N-dealkylation sites (tertiary alicyclic amines) is 1. The lowest BCUT2D eigenvalue weighted by Crippen LogP contribution is -2.66. The summed E-state index contributed by atoms with van der Waals surface area (Å²) in [5.74, 6) is 0.746. The number of fused-ring (bicyclic) bond motifs is 2. The van der Waals surface area contributed by atoms with Crippen molar-refractivity contribution in [2.75, 3.05) is 25.0 Å². The molecule has 1 saturated heterocycles. The van der Waals surface area contributed by atoms with Crippen LogP contribution in [0.2, 0.25) is 0 Å². The number of rotatable bonds is 2. The molecule has 7 nitrogen and oxygen atoms in total. The number of benzene rings is 1. The number of aromatic nitrogens is 3. The highest BCUT2D eigenvalue weighted by atomic mass is 16.2. The molecule has 28 heavy (non-hydrogen) atoms. The fourth-order valence-electron chi connectivity index (χ4n) is 4.31. The molecule has 1 fully saturated rings. The van der Waals surface area contributed by atoms with Gasteiger partial charge in [-0.3, -0.25) is 19.7 Å². The van der Waals surface area contributed by atoms with Crippen LogP contribution in [0.3, 0.4) is 0 Å². The van der Waals surface area contributed by atoms with Gasteiger partial charge in [0.1, 0.15) is 11.5 Å². The molecule has 2 aromatic heterocycles. The van der Waals surface area contributed by atoms with E-state index in [1.165, 1.54) is 5.56 Å². The first-order chi connectivity index (χ1) is 13.6. The summed E-state index contributed by atoms with van der Waals surface area (Å²) in [6, 6.07) is 9.90. The van der Waals surface area contributed by atoms with Gasteiger partial charge in [-0.1, -0.05) is 6.07 Å². The molecule has 0 bridgehead atoms. The first-order valence-corrected chi connectivity index (χ1v) is 9.58. The van der Waals surface area contributed by atoms with Gasteiger partial charge in [-0.25, -0.2) is 4.98 Å². The highest BCUT2D eigenvalue weighted by molar-refractivity contribution is 6.01. The summed E-state index contributed by atoms with van der Waals surface area (Å²) in [5.41, 5.74) is 3.37. The zero-order valence-electron chi connectivity index (χ0n) is 15.8. The van der Waals surface area contributed by atoms with E-state index >= 15 is 0 Å². The van der Waals surface area contributed by atoms with Crippen molar-refractivity contribution in [3.8, 4) is 0 Å². The van der Waals surface area contributed by atoms with Gasteiger partial charge in [0.05, 0.1) is 16.6 Å². The van der Waals surface area contributed by atoms with Crippen LogP contribution in [0.4, 0.5) is 5.82 Å². The molecule has 2 aliphatic heterocycles. The summed E-state index contributed by atoms with van der Waals surface area (Å²) in [4.78, 5) is 30.4. The van der Waals surface area contributed by atoms with E-state index in [4.69, 9.17) is 0 Å². The lowest BCUT2D eigenvalue weighted by molar-refractivity contribution is 0.0771. The zero-order chi connectivity index (χ0) is 19.1. The third-order valence-electron chi connectivity index (χ3n) is 5.96. The smallest absolute Gasteiger partial charge is 0.256 e. The van der Waals surface area contributed by atoms with E-state index < -0.39 is 0 Å². The van der Waals surface area contributed by atoms with E-state index in [0.29, 0.717) is 5.56 Å². The minimum absolute atomic E-state index is 0.0252. The molecule has 4 heterocycles. The number of hydrogen-bond acceptors (Lipinski definition) is 6. The van der Waals surface area contributed by atoms with Crippen molar-refractivity contribution in [1.29, 1.82) is 0 Å². The Morgan fingerprint density at radius 2 is 1.82 bits per heavy atom. The molecule has 5 rings (SSSR count). The lowest BCUT2D eigenvalue weighted by Gasteiger charge is -2.50. The molecule has 1 spiro atoms. The van der Waals surface area contributed by atoms with E-state index in [2.05, 4.69) is 42.2 Å². The maximum Gasteiger partial charge on any atom is 0.256 e. The topological polar surface area (TPSA) is 74.2 Å². The number of amides is 1. The Labute approximate surface area is 163 Å². The number of pyridine rings is 1. The van der Waals surface area contributed by atoms with Crippen molar-refractivity contribution < 1.29 is 4.79 Å². The number of hydrogen-bond donors (Lipinski definition) is 1. The van der Waals surface area contributed by atoms with Crippen molar-refractivity contribution in [2.45, 2.75) is 25.0 Å². The molecule has 1 aromatic carbocycles. The van der Waals surface area contributed by atoms with E-state index in [9.17, 15) is 4.79 Å². The van der Waals surface area contributed by atoms with Crippen LogP contribution in [0.1, 0.15) is 28.8 Å². The number of carbonyl (C=O) groups excluding carboxylic acids is 1. The Kier molecular flexibility index (Phi) is 3.98. The summed E-state index contributed by atoms with van der Waals surface area (Å²) in [6.45, 7) is 2.69. The maximum atomic E-state index is 12.6. The van der Waals surface area contributed by atoms with Crippen LogP contribution < -0.4 is 10.2 Å². The van der Waals surface area contributed by atoms with Crippen molar-refractivity contribution in [3.05, 3.63) is 60.0 Å². The van der Waals surface area contributed by atoms with Crippen LogP contribution in [-0.4, -0.2) is 51.6 Å². The largest absolute Gasteiger partial charge is 0.336 e. The average molecular weight is 374 g/mol. The van der Waals surface area contributed by atoms with Crippen LogP contribution in [0.5, 0.6) is 0 Å². The number of nitrogens with zero attached hydrogens (tertiary/aromatic N) is 5. The second-order valence-corrected chi connectivity index (χ2v) is 7.57. The van der Waals surface area contributed by atoms with E-state index in [0.717, 1.165) is 49.3 Å². The first-order valence-electron chi connectivity index (χ1n) is 9.58. The van der Waals surface area contributed by atoms with E-state index in [1.807, 2.05) is 19.2 Å². The molecule has 0 unspecified atom stereocenters. The number of piperidine rings is 1. The number of anilines is 1. The van der Waals surface area contributed by atoms with Gasteiger partial charge in [0, 0.05) is 58.1 Å². The maximum absolute atomic E-state index is 12.6. The number of nitrogens with one attached hydrogen (secondary N) is 1. The van der Waals surface area contributed by atoms with Crippen LogP contribution in [0.15, 0.2) is 48.9 Å². The van der Waals surface area contributed by atoms with Gasteiger partial charge in [0.2, 0.25) is 0 Å². The number of carbonyl (C=O) groups is 1. The molecular weight excluding hydrogens is 352 g/mol. The highest BCUT2D eigenvalue weighted by Gasteiger charge is 2.44. The van der Waals surface area contributed by atoms with Crippen molar-refractivity contribution in [3.63, 3.8) is 0 Å². The Bertz CT molecular complexity index is 1040. The van der Waals surface area contributed by atoms with Gasteiger partial charge >= 0.3 is 0 Å². The normalized spacial score (nSPS) is 18.9. The monoisotopic (exact) mass is 374 g/mol. The molecule has 3 aromatic rings. The van der Waals surface area contributed by atoms with Crippen molar-refractivity contribution in [2.24, 2.45) is 0 Å². The van der Waals surface area contributed by atoms with Crippen molar-refractivity contribution in [1.82, 2.24) is 25.2 Å². The Morgan fingerprint density at radius 3 is 2.64 bits per heavy atom. The summed E-state index contributed by atoms with van der Waals surface area (Å²) in [5, 5.41) is 3.25. The molecule has 7 heteroatoms. The predicted octanol–water partition coefficient (Wildman–Crippen LogP) is 2.20. The second kappa shape index (κ2) is 6.53. The van der Waals surface area contributed by atoms with Gasteiger partial charge in [-0.05, 0) is 29.8 Å². The summed E-state index contributed by atoms with van der Waals surface area (Å²) >= 11 is 0. The average Bonchev–Trinajstić information content (AvgIpc) is 2.74. The van der Waals surface area contributed by atoms with Gasteiger partial charge < -0.3 is 10.2 Å². The van der Waals surface area contributed by atoms with Gasteiger partial charge in [0.15, 0.2) is 0 Å². The van der Waals surface area contributed by atoms with Crippen molar-refractivity contribution >= 4 is 22.8 Å². The highest BCUT2D eigenvalue weighted by Crippen LogP contribution is 2.35. The van der Waals surface area contributed by atoms with Crippen LogP contribution in [-0.2, 0) is 6.54 Å². The SMILES string of the molecule is CN1c2ncccc2C(=O)NC12CCN(Cc1ccc3nccnc3c1)CC2. The zero-order valence-corrected chi connectivity index (χ0v) is 15.8. The quantitative estimate of drug-likeness (QED) is 0.741. The predicted molar refractivity (Wildman–Crippen MR) is 107 cm³/mol. The minimum atomic E-state index is -0.357. The summed E-state index contributed by atoms with van der Waals surface area (Å²) in [7, 11) is 2.03. The van der Waals surface area contributed by atoms with Gasteiger partial charge in [-0.15, -0.1) is 0 Å². The third kappa shape index (κ3) is 2.79. The summed E-state index contributed by atoms with van der Waals surface area (Å²) < 4.78 is 0. The molecule has 0 aliphatic carbocycles. The molecule has 1 N–H and O–H groups in total. The third-order valence-corrected chi connectivity index (χ3v) is 5.96. The Balaban J connectivity index is 1.31. The van der Waals surface area contributed by atoms with E-state index in [1.54, 1.807) is 24.7 Å². The summed E-state index contributed by atoms with van der Waals surface area (Å²) in [6.07, 6.45) is 6.91. The van der Waals surface area contributed by atoms with Gasteiger partial charge in [-0.2, -0.15) is 0 Å². The fraction of sp³-hybridized carbons (Fsp3) is 0.333. The first kappa shape index (κ1) is 17.1. The standard InChI is InChI=1S/C21H22N6O/c1-26-19-16(3-2-8-24-19)20(28)25-21(26)6-11-27(12-7-21)14-15-4-5-17-18(13-15)23-10-9-22-17/h2-5,8-10,13H,6-7,11-12,14H2,1H3,(H,25,28). The molecule has 2 aliphatic rings. The molecule has 1 amide bonds. The van der Waals surface area contributed by atoms with Crippen LogP contribution >= 0.6 is 0 Å². The lowest BCUT2D eigenvalue weighted by atomic mass is 9.91. The molecule has 0 saturated carbocycles. The molecule has 142 valence electrons. The molecule has 0 atom stereocenters. The molecule has 0 radical (unpaired) electrons. The van der Waals surface area contributed by atoms with Gasteiger partial charge in [0.25, 0.3) is 5.91 Å².